The topological polar surface area (TPSA) is 64.6 Å². The molecule has 4 unspecified atom stereocenters. The highest BCUT2D eigenvalue weighted by Gasteiger charge is 2.42. The van der Waals surface area contributed by atoms with E-state index < -0.39 is 5.97 Å². The lowest BCUT2D eigenvalue weighted by Crippen LogP contribution is -2.42. The van der Waals surface area contributed by atoms with Gasteiger partial charge in [-0.3, -0.25) is 4.79 Å². The number of fused-ring (bicyclic) bond motifs is 2. The Morgan fingerprint density at radius 1 is 0.967 bits per heavy atom. The SMILES string of the molecule is CC(NC(=O)COC(=O)COc1ccc(-c2ccccc2)cc1)C1CC2CCC1C2. The predicted molar refractivity (Wildman–Crippen MR) is 115 cm³/mol. The van der Waals surface area contributed by atoms with Crippen molar-refractivity contribution in [3.05, 3.63) is 54.6 Å². The number of hydrogen-bond donors (Lipinski definition) is 1. The van der Waals surface area contributed by atoms with E-state index in [1.165, 1.54) is 25.7 Å². The maximum Gasteiger partial charge on any atom is 0.344 e. The molecule has 5 heteroatoms. The quantitative estimate of drug-likeness (QED) is 0.666. The fraction of sp³-hybridized carbons (Fsp3) is 0.440. The second kappa shape index (κ2) is 9.33. The average Bonchev–Trinajstić information content (AvgIpc) is 3.41. The molecule has 2 aromatic rings. The lowest BCUT2D eigenvalue weighted by molar-refractivity contribution is -0.150. The number of rotatable bonds is 8. The van der Waals surface area contributed by atoms with Gasteiger partial charge in [-0.1, -0.05) is 48.9 Å². The van der Waals surface area contributed by atoms with Crippen molar-refractivity contribution in [1.82, 2.24) is 5.32 Å². The summed E-state index contributed by atoms with van der Waals surface area (Å²) in [5.41, 5.74) is 2.20. The summed E-state index contributed by atoms with van der Waals surface area (Å²) in [7, 11) is 0. The monoisotopic (exact) mass is 407 g/mol. The molecule has 0 spiro atoms. The van der Waals surface area contributed by atoms with Crippen molar-refractivity contribution >= 4 is 11.9 Å². The first-order valence-electron chi connectivity index (χ1n) is 10.8. The molecule has 2 bridgehead atoms. The number of ether oxygens (including phenoxy) is 2. The summed E-state index contributed by atoms with van der Waals surface area (Å²) in [4.78, 5) is 24.1. The highest BCUT2D eigenvalue weighted by molar-refractivity contribution is 5.81. The molecule has 0 aliphatic heterocycles. The Morgan fingerprint density at radius 3 is 2.37 bits per heavy atom. The zero-order chi connectivity index (χ0) is 20.9. The molecule has 2 aromatic carbocycles. The van der Waals surface area contributed by atoms with Crippen molar-refractivity contribution in [2.24, 2.45) is 17.8 Å². The standard InChI is InChI=1S/C25H29NO4/c1-17(23-14-18-7-8-21(23)13-18)26-24(27)15-30-25(28)16-29-22-11-9-20(10-12-22)19-5-3-2-4-6-19/h2-6,9-12,17-18,21,23H,7-8,13-16H2,1H3,(H,26,27). The van der Waals surface area contributed by atoms with E-state index in [-0.39, 0.29) is 25.2 Å². The van der Waals surface area contributed by atoms with Gasteiger partial charge in [-0.25, -0.2) is 4.79 Å². The number of nitrogens with one attached hydrogen (secondary N) is 1. The Bertz CT molecular complexity index is 864. The molecule has 0 saturated heterocycles. The zero-order valence-electron chi connectivity index (χ0n) is 17.4. The summed E-state index contributed by atoms with van der Waals surface area (Å²) in [5.74, 6) is 1.94. The molecule has 4 rings (SSSR count). The van der Waals surface area contributed by atoms with Crippen LogP contribution in [0.1, 0.15) is 32.6 Å². The van der Waals surface area contributed by atoms with Crippen molar-refractivity contribution in [2.45, 2.75) is 38.6 Å². The van der Waals surface area contributed by atoms with E-state index in [2.05, 4.69) is 12.2 Å². The van der Waals surface area contributed by atoms with Crippen molar-refractivity contribution in [1.29, 1.82) is 0 Å². The normalized spacial score (nSPS) is 23.0. The fourth-order valence-electron chi connectivity index (χ4n) is 5.01. The fourth-order valence-corrected chi connectivity index (χ4v) is 5.01. The van der Waals surface area contributed by atoms with Gasteiger partial charge in [-0.05, 0) is 67.2 Å². The molecular weight excluding hydrogens is 378 g/mol. The van der Waals surface area contributed by atoms with Crippen LogP contribution in [0.15, 0.2) is 54.6 Å². The number of carbonyl (C=O) groups excluding carboxylic acids is 2. The minimum Gasteiger partial charge on any atom is -0.482 e. The largest absolute Gasteiger partial charge is 0.482 e. The highest BCUT2D eigenvalue weighted by atomic mass is 16.6. The van der Waals surface area contributed by atoms with Crippen molar-refractivity contribution in [3.8, 4) is 16.9 Å². The van der Waals surface area contributed by atoms with Crippen LogP contribution in [0.3, 0.4) is 0 Å². The third-order valence-electron chi connectivity index (χ3n) is 6.51. The zero-order valence-corrected chi connectivity index (χ0v) is 17.4. The van der Waals surface area contributed by atoms with Gasteiger partial charge in [-0.15, -0.1) is 0 Å². The van der Waals surface area contributed by atoms with E-state index >= 15 is 0 Å². The lowest BCUT2D eigenvalue weighted by atomic mass is 9.84. The summed E-state index contributed by atoms with van der Waals surface area (Å²) < 4.78 is 10.5. The molecule has 30 heavy (non-hydrogen) atoms. The first kappa shape index (κ1) is 20.5. The first-order chi connectivity index (χ1) is 14.6. The van der Waals surface area contributed by atoms with Gasteiger partial charge in [0, 0.05) is 6.04 Å². The Morgan fingerprint density at radius 2 is 1.70 bits per heavy atom. The molecule has 1 amide bonds. The van der Waals surface area contributed by atoms with Gasteiger partial charge in [-0.2, -0.15) is 0 Å². The van der Waals surface area contributed by atoms with Gasteiger partial charge >= 0.3 is 5.97 Å². The maximum absolute atomic E-state index is 12.1. The van der Waals surface area contributed by atoms with Crippen LogP contribution < -0.4 is 10.1 Å². The Kier molecular flexibility index (Phi) is 6.36. The summed E-state index contributed by atoms with van der Waals surface area (Å²) in [5, 5.41) is 3.00. The Labute approximate surface area is 177 Å². The molecule has 2 fully saturated rings. The first-order valence-corrected chi connectivity index (χ1v) is 10.8. The van der Waals surface area contributed by atoms with Crippen LogP contribution in [0.2, 0.25) is 0 Å². The van der Waals surface area contributed by atoms with Gasteiger partial charge < -0.3 is 14.8 Å². The molecule has 0 heterocycles. The number of esters is 1. The number of carbonyl (C=O) groups is 2. The third-order valence-corrected chi connectivity index (χ3v) is 6.51. The molecular formula is C25H29NO4. The molecule has 5 nitrogen and oxygen atoms in total. The number of amides is 1. The van der Waals surface area contributed by atoms with Crippen LogP contribution >= 0.6 is 0 Å². The van der Waals surface area contributed by atoms with E-state index in [0.717, 1.165) is 23.0 Å². The van der Waals surface area contributed by atoms with Crippen LogP contribution in [0, 0.1) is 17.8 Å². The molecule has 2 aliphatic rings. The van der Waals surface area contributed by atoms with Crippen LogP contribution in [-0.4, -0.2) is 31.1 Å². The van der Waals surface area contributed by atoms with Crippen LogP contribution in [0.4, 0.5) is 0 Å². The molecule has 0 aromatic heterocycles. The average molecular weight is 408 g/mol. The summed E-state index contributed by atoms with van der Waals surface area (Å²) in [6, 6.07) is 17.7. The van der Waals surface area contributed by atoms with Gasteiger partial charge in [0.1, 0.15) is 5.75 Å². The van der Waals surface area contributed by atoms with E-state index in [4.69, 9.17) is 9.47 Å². The Hall–Kier alpha value is -2.82. The summed E-state index contributed by atoms with van der Waals surface area (Å²) in [6.07, 6.45) is 5.15. The van der Waals surface area contributed by atoms with E-state index in [9.17, 15) is 9.59 Å². The molecule has 1 N–H and O–H groups in total. The second-order valence-corrected chi connectivity index (χ2v) is 8.53. The van der Waals surface area contributed by atoms with Crippen LogP contribution in [-0.2, 0) is 14.3 Å². The predicted octanol–water partition coefficient (Wildman–Crippen LogP) is 4.22. The summed E-state index contributed by atoms with van der Waals surface area (Å²) >= 11 is 0. The van der Waals surface area contributed by atoms with Crippen molar-refractivity contribution in [3.63, 3.8) is 0 Å². The number of hydrogen-bond acceptors (Lipinski definition) is 4. The molecule has 158 valence electrons. The molecule has 4 atom stereocenters. The molecule has 2 saturated carbocycles. The van der Waals surface area contributed by atoms with Gasteiger partial charge in [0.25, 0.3) is 5.91 Å². The van der Waals surface area contributed by atoms with Gasteiger partial charge in [0.2, 0.25) is 0 Å². The minimum atomic E-state index is -0.551. The van der Waals surface area contributed by atoms with E-state index in [1.807, 2.05) is 54.6 Å². The van der Waals surface area contributed by atoms with Gasteiger partial charge in [0.15, 0.2) is 13.2 Å². The van der Waals surface area contributed by atoms with E-state index in [1.54, 1.807) is 0 Å². The summed E-state index contributed by atoms with van der Waals surface area (Å²) in [6.45, 7) is 1.58. The van der Waals surface area contributed by atoms with Crippen molar-refractivity contribution < 1.29 is 19.1 Å². The molecule has 0 radical (unpaired) electrons. The highest BCUT2D eigenvalue weighted by Crippen LogP contribution is 2.49. The maximum atomic E-state index is 12.1. The Balaban J connectivity index is 1.16. The molecule has 2 aliphatic carbocycles. The van der Waals surface area contributed by atoms with E-state index in [0.29, 0.717) is 11.7 Å². The van der Waals surface area contributed by atoms with Crippen molar-refractivity contribution in [2.75, 3.05) is 13.2 Å². The second-order valence-electron chi connectivity index (χ2n) is 8.53. The van der Waals surface area contributed by atoms with Crippen LogP contribution in [0.25, 0.3) is 11.1 Å². The van der Waals surface area contributed by atoms with Gasteiger partial charge in [0.05, 0.1) is 0 Å². The van der Waals surface area contributed by atoms with Crippen LogP contribution in [0.5, 0.6) is 5.75 Å². The number of benzene rings is 2. The lowest BCUT2D eigenvalue weighted by Gasteiger charge is -2.28. The third kappa shape index (κ3) is 5.02. The minimum absolute atomic E-state index is 0.130. The smallest absolute Gasteiger partial charge is 0.344 e.